The Labute approximate surface area is 89.4 Å². The summed E-state index contributed by atoms with van der Waals surface area (Å²) < 4.78 is 9.99. The molecular weight excluding hydrogens is 196 g/mol. The van der Waals surface area contributed by atoms with E-state index >= 15 is 0 Å². The van der Waals surface area contributed by atoms with E-state index in [2.05, 4.69) is 10.1 Å². The maximum absolute atomic E-state index is 5.77. The fourth-order valence-electron chi connectivity index (χ4n) is 1.12. The quantitative estimate of drug-likeness (QED) is 0.720. The zero-order valence-corrected chi connectivity index (χ0v) is 9.43. The first-order valence-corrected chi connectivity index (χ1v) is 4.95. The first kappa shape index (κ1) is 11.9. The van der Waals surface area contributed by atoms with Crippen molar-refractivity contribution in [3.05, 3.63) is 5.89 Å². The van der Waals surface area contributed by atoms with Crippen LogP contribution in [0.5, 0.6) is 0 Å². The first-order chi connectivity index (χ1) is 7.17. The van der Waals surface area contributed by atoms with Gasteiger partial charge < -0.3 is 19.9 Å². The maximum atomic E-state index is 5.77. The number of ether oxygens (including phenoxy) is 1. The minimum absolute atomic E-state index is 0.102. The molecule has 0 radical (unpaired) electrons. The SMILES string of the molecule is CCN(C)c1noc(CC(N)COC)n1. The zero-order chi connectivity index (χ0) is 11.3. The lowest BCUT2D eigenvalue weighted by Crippen LogP contribution is -2.28. The van der Waals surface area contributed by atoms with Gasteiger partial charge in [-0.2, -0.15) is 4.98 Å². The predicted octanol–water partition coefficient (Wildman–Crippen LogP) is 0.0419. The van der Waals surface area contributed by atoms with Gasteiger partial charge >= 0.3 is 0 Å². The number of nitrogens with two attached hydrogens (primary N) is 1. The summed E-state index contributed by atoms with van der Waals surface area (Å²) in [6.45, 7) is 3.34. The van der Waals surface area contributed by atoms with Crippen LogP contribution in [0.4, 0.5) is 5.95 Å². The fourth-order valence-corrected chi connectivity index (χ4v) is 1.12. The Hall–Kier alpha value is -1.14. The summed E-state index contributed by atoms with van der Waals surface area (Å²) in [6, 6.07) is -0.102. The van der Waals surface area contributed by atoms with E-state index in [9.17, 15) is 0 Å². The van der Waals surface area contributed by atoms with E-state index in [0.29, 0.717) is 24.9 Å². The summed E-state index contributed by atoms with van der Waals surface area (Å²) in [6.07, 6.45) is 0.540. The number of aromatic nitrogens is 2. The lowest BCUT2D eigenvalue weighted by molar-refractivity contribution is 0.176. The zero-order valence-electron chi connectivity index (χ0n) is 9.43. The molecule has 6 heteroatoms. The molecule has 2 N–H and O–H groups in total. The Morgan fingerprint density at radius 3 is 2.93 bits per heavy atom. The first-order valence-electron chi connectivity index (χ1n) is 4.95. The van der Waals surface area contributed by atoms with Crippen molar-refractivity contribution in [3.63, 3.8) is 0 Å². The molecule has 1 aromatic rings. The van der Waals surface area contributed by atoms with Gasteiger partial charge in [0.1, 0.15) is 0 Å². The van der Waals surface area contributed by atoms with E-state index in [0.717, 1.165) is 6.54 Å². The molecule has 0 bridgehead atoms. The maximum Gasteiger partial charge on any atom is 0.265 e. The van der Waals surface area contributed by atoms with E-state index in [4.69, 9.17) is 15.0 Å². The van der Waals surface area contributed by atoms with Crippen molar-refractivity contribution in [2.24, 2.45) is 5.73 Å². The van der Waals surface area contributed by atoms with Crippen molar-refractivity contribution in [1.29, 1.82) is 0 Å². The Kier molecular flexibility index (Phi) is 4.51. The number of rotatable bonds is 6. The molecule has 0 aromatic carbocycles. The van der Waals surface area contributed by atoms with Gasteiger partial charge in [-0.15, -0.1) is 0 Å². The molecule has 0 fully saturated rings. The van der Waals surface area contributed by atoms with Crippen LogP contribution in [0.25, 0.3) is 0 Å². The van der Waals surface area contributed by atoms with Gasteiger partial charge in [-0.05, 0) is 12.1 Å². The lowest BCUT2D eigenvalue weighted by atomic mass is 10.2. The van der Waals surface area contributed by atoms with Gasteiger partial charge in [0.15, 0.2) is 0 Å². The van der Waals surface area contributed by atoms with Crippen LogP contribution in [0.1, 0.15) is 12.8 Å². The van der Waals surface area contributed by atoms with Crippen molar-refractivity contribution in [2.75, 3.05) is 32.2 Å². The number of methoxy groups -OCH3 is 1. The van der Waals surface area contributed by atoms with Crippen LogP contribution in [0.2, 0.25) is 0 Å². The van der Waals surface area contributed by atoms with E-state index in [1.165, 1.54) is 0 Å². The van der Waals surface area contributed by atoms with Crippen molar-refractivity contribution in [2.45, 2.75) is 19.4 Å². The number of nitrogens with zero attached hydrogens (tertiary/aromatic N) is 3. The van der Waals surface area contributed by atoms with Crippen molar-refractivity contribution in [1.82, 2.24) is 10.1 Å². The second-order valence-corrected chi connectivity index (χ2v) is 3.42. The fraction of sp³-hybridized carbons (Fsp3) is 0.778. The highest BCUT2D eigenvalue weighted by Gasteiger charge is 2.12. The number of hydrogen-bond donors (Lipinski definition) is 1. The van der Waals surface area contributed by atoms with Crippen molar-refractivity contribution in [3.8, 4) is 0 Å². The number of anilines is 1. The van der Waals surface area contributed by atoms with Crippen LogP contribution in [-0.2, 0) is 11.2 Å². The van der Waals surface area contributed by atoms with E-state index in [1.54, 1.807) is 7.11 Å². The van der Waals surface area contributed by atoms with Crippen LogP contribution in [0, 0.1) is 0 Å². The Morgan fingerprint density at radius 1 is 1.60 bits per heavy atom. The minimum Gasteiger partial charge on any atom is -0.383 e. The minimum atomic E-state index is -0.102. The highest BCUT2D eigenvalue weighted by Crippen LogP contribution is 2.08. The molecule has 1 aromatic heterocycles. The highest BCUT2D eigenvalue weighted by atomic mass is 16.5. The molecule has 0 amide bonds. The summed E-state index contributed by atoms with van der Waals surface area (Å²) in [5.41, 5.74) is 5.77. The lowest BCUT2D eigenvalue weighted by Gasteiger charge is -2.09. The van der Waals surface area contributed by atoms with Crippen LogP contribution in [0.3, 0.4) is 0 Å². The largest absolute Gasteiger partial charge is 0.383 e. The Bertz CT molecular complexity index is 289. The monoisotopic (exact) mass is 214 g/mol. The molecule has 1 heterocycles. The smallest absolute Gasteiger partial charge is 0.265 e. The summed E-state index contributed by atoms with van der Waals surface area (Å²) in [5.74, 6) is 1.15. The van der Waals surface area contributed by atoms with Crippen LogP contribution >= 0.6 is 0 Å². The Morgan fingerprint density at radius 2 is 2.33 bits per heavy atom. The molecule has 0 saturated carbocycles. The van der Waals surface area contributed by atoms with E-state index in [-0.39, 0.29) is 6.04 Å². The van der Waals surface area contributed by atoms with Crippen molar-refractivity contribution >= 4 is 5.95 Å². The van der Waals surface area contributed by atoms with Gasteiger partial charge in [-0.25, -0.2) is 0 Å². The summed E-state index contributed by atoms with van der Waals surface area (Å²) in [4.78, 5) is 6.11. The summed E-state index contributed by atoms with van der Waals surface area (Å²) in [7, 11) is 3.52. The Balaban J connectivity index is 2.52. The summed E-state index contributed by atoms with van der Waals surface area (Å²) >= 11 is 0. The predicted molar refractivity (Wildman–Crippen MR) is 56.8 cm³/mol. The highest BCUT2D eigenvalue weighted by molar-refractivity contribution is 5.25. The molecule has 6 nitrogen and oxygen atoms in total. The second-order valence-electron chi connectivity index (χ2n) is 3.42. The molecule has 1 unspecified atom stereocenters. The van der Waals surface area contributed by atoms with Crippen LogP contribution < -0.4 is 10.6 Å². The molecule has 1 atom stereocenters. The van der Waals surface area contributed by atoms with E-state index < -0.39 is 0 Å². The van der Waals surface area contributed by atoms with Crippen molar-refractivity contribution < 1.29 is 9.26 Å². The third-order valence-corrected chi connectivity index (χ3v) is 2.09. The third-order valence-electron chi connectivity index (χ3n) is 2.09. The molecule has 0 aliphatic heterocycles. The average molecular weight is 214 g/mol. The van der Waals surface area contributed by atoms with Gasteiger partial charge in [0.25, 0.3) is 5.95 Å². The third kappa shape index (κ3) is 3.49. The van der Waals surface area contributed by atoms with Gasteiger partial charge in [-0.3, -0.25) is 0 Å². The van der Waals surface area contributed by atoms with E-state index in [1.807, 2.05) is 18.9 Å². The van der Waals surface area contributed by atoms with Gasteiger partial charge in [0, 0.05) is 33.2 Å². The van der Waals surface area contributed by atoms with Gasteiger partial charge in [0.2, 0.25) is 5.89 Å². The molecule has 0 aliphatic carbocycles. The molecule has 1 rings (SSSR count). The van der Waals surface area contributed by atoms with Crippen LogP contribution in [-0.4, -0.2) is 43.5 Å². The molecule has 0 saturated heterocycles. The standard InChI is InChI=1S/C9H18N4O2/c1-4-13(2)9-11-8(15-12-9)5-7(10)6-14-3/h7H,4-6,10H2,1-3H3. The molecular formula is C9H18N4O2. The molecule has 86 valence electrons. The molecule has 0 aliphatic rings. The normalized spacial score (nSPS) is 12.8. The molecule has 0 spiro atoms. The van der Waals surface area contributed by atoms with Crippen LogP contribution in [0.15, 0.2) is 4.52 Å². The number of hydrogen-bond acceptors (Lipinski definition) is 6. The second kappa shape index (κ2) is 5.67. The van der Waals surface area contributed by atoms with Gasteiger partial charge in [-0.1, -0.05) is 0 Å². The molecule has 15 heavy (non-hydrogen) atoms. The average Bonchev–Trinajstić information content (AvgIpc) is 2.65. The topological polar surface area (TPSA) is 77.4 Å². The van der Waals surface area contributed by atoms with Gasteiger partial charge in [0.05, 0.1) is 6.61 Å². The summed E-state index contributed by atoms with van der Waals surface area (Å²) in [5, 5.41) is 3.84.